The van der Waals surface area contributed by atoms with Crippen molar-refractivity contribution in [1.82, 2.24) is 9.97 Å². The summed E-state index contributed by atoms with van der Waals surface area (Å²) in [5.74, 6) is 0. The number of nitrogens with zero attached hydrogens (tertiary/aromatic N) is 2. The molecule has 18 heavy (non-hydrogen) atoms. The van der Waals surface area contributed by atoms with Crippen molar-refractivity contribution in [3.63, 3.8) is 0 Å². The minimum atomic E-state index is -4.45. The third kappa shape index (κ3) is 2.78. The molecule has 0 radical (unpaired) electrons. The normalized spacial score (nSPS) is 13.6. The van der Waals surface area contributed by atoms with Gasteiger partial charge >= 0.3 is 6.18 Å². The molecule has 0 spiro atoms. The van der Waals surface area contributed by atoms with Gasteiger partial charge in [0.25, 0.3) is 0 Å². The van der Waals surface area contributed by atoms with Gasteiger partial charge in [-0.15, -0.1) is 11.3 Å². The Labute approximate surface area is 115 Å². The fraction of sp³-hybridized carbons (Fsp3) is 0.200. The minimum absolute atomic E-state index is 0.105. The second-order valence-electron chi connectivity index (χ2n) is 3.36. The van der Waals surface area contributed by atoms with Crippen LogP contribution in [0.5, 0.6) is 0 Å². The number of thiazole rings is 1. The van der Waals surface area contributed by atoms with Gasteiger partial charge in [0.15, 0.2) is 0 Å². The van der Waals surface area contributed by atoms with Crippen molar-refractivity contribution in [3.8, 4) is 10.6 Å². The van der Waals surface area contributed by atoms with E-state index in [-0.39, 0.29) is 10.0 Å². The average Bonchev–Trinajstić information content (AvgIpc) is 2.70. The molecule has 2 aromatic heterocycles. The maximum atomic E-state index is 12.6. The molecule has 8 heteroatoms. The van der Waals surface area contributed by atoms with Crippen molar-refractivity contribution in [2.24, 2.45) is 0 Å². The molecule has 0 aliphatic heterocycles. The van der Waals surface area contributed by atoms with Crippen LogP contribution in [-0.2, 0) is 0 Å². The van der Waals surface area contributed by atoms with Crippen molar-refractivity contribution in [3.05, 3.63) is 34.6 Å². The Morgan fingerprint density at radius 3 is 2.67 bits per heavy atom. The molecule has 1 atom stereocenters. The molecule has 0 aliphatic carbocycles. The summed E-state index contributed by atoms with van der Waals surface area (Å²) in [6.07, 6.45) is -1.37. The van der Waals surface area contributed by atoms with Crippen LogP contribution < -0.4 is 0 Å². The van der Waals surface area contributed by atoms with Crippen molar-refractivity contribution >= 4 is 35.6 Å². The highest BCUT2D eigenvalue weighted by Gasteiger charge is 2.40. The van der Waals surface area contributed by atoms with Gasteiger partial charge in [-0.05, 0) is 12.1 Å². The summed E-state index contributed by atoms with van der Waals surface area (Å²) in [6, 6.07) is 3.37. The molecule has 2 heterocycles. The van der Waals surface area contributed by atoms with E-state index >= 15 is 0 Å². The fourth-order valence-electron chi connectivity index (χ4n) is 1.24. The Bertz CT molecular complexity index is 542. The van der Waals surface area contributed by atoms with Gasteiger partial charge in [-0.3, -0.25) is 4.98 Å². The van der Waals surface area contributed by atoms with Gasteiger partial charge in [0.05, 0.1) is 4.88 Å². The largest absolute Gasteiger partial charge is 0.405 e. The van der Waals surface area contributed by atoms with E-state index in [9.17, 15) is 13.2 Å². The van der Waals surface area contributed by atoms with Crippen molar-refractivity contribution < 1.29 is 13.2 Å². The lowest BCUT2D eigenvalue weighted by atomic mass is 10.3. The predicted molar refractivity (Wildman–Crippen MR) is 68.1 cm³/mol. The van der Waals surface area contributed by atoms with Gasteiger partial charge in [-0.2, -0.15) is 25.8 Å². The SMILES string of the molecule is FC(F)(F)C(S)c1sc(-c2cccnc2)nc1Cl. The number of aromatic nitrogens is 2. The summed E-state index contributed by atoms with van der Waals surface area (Å²) in [6.45, 7) is 0. The van der Waals surface area contributed by atoms with Crippen LogP contribution in [0.25, 0.3) is 10.6 Å². The molecule has 1 unspecified atom stereocenters. The molecule has 2 nitrogen and oxygen atoms in total. The molecule has 2 aromatic rings. The van der Waals surface area contributed by atoms with E-state index in [0.29, 0.717) is 10.6 Å². The van der Waals surface area contributed by atoms with Gasteiger partial charge in [0.2, 0.25) is 0 Å². The number of thiol groups is 1. The molecule has 0 amide bonds. The molecule has 96 valence electrons. The van der Waals surface area contributed by atoms with Crippen LogP contribution in [0.2, 0.25) is 5.15 Å². The smallest absolute Gasteiger partial charge is 0.264 e. The van der Waals surface area contributed by atoms with Crippen molar-refractivity contribution in [2.75, 3.05) is 0 Å². The molecule has 0 fully saturated rings. The summed E-state index contributed by atoms with van der Waals surface area (Å²) in [4.78, 5) is 7.68. The van der Waals surface area contributed by atoms with Crippen LogP contribution in [0.4, 0.5) is 13.2 Å². The second kappa shape index (κ2) is 5.07. The van der Waals surface area contributed by atoms with Gasteiger partial charge in [-0.25, -0.2) is 4.98 Å². The molecule has 0 saturated heterocycles. The lowest BCUT2D eigenvalue weighted by Crippen LogP contribution is -2.14. The molecule has 0 aliphatic rings. The van der Waals surface area contributed by atoms with E-state index in [1.54, 1.807) is 18.3 Å². The Kier molecular flexibility index (Phi) is 3.84. The molecule has 0 N–H and O–H groups in total. The first-order chi connectivity index (χ1) is 8.39. The third-order valence-electron chi connectivity index (χ3n) is 2.08. The summed E-state index contributed by atoms with van der Waals surface area (Å²) in [7, 11) is 0. The molecule has 2 rings (SSSR count). The van der Waals surface area contributed by atoms with Crippen LogP contribution in [0.3, 0.4) is 0 Å². The maximum absolute atomic E-state index is 12.6. The summed E-state index contributed by atoms with van der Waals surface area (Å²) < 4.78 is 37.7. The first-order valence-electron chi connectivity index (χ1n) is 4.71. The molecule has 0 bridgehead atoms. The Hall–Kier alpha value is -0.790. The minimum Gasteiger partial charge on any atom is -0.264 e. The lowest BCUT2D eigenvalue weighted by molar-refractivity contribution is -0.128. The molecular formula is C10H6ClF3N2S2. The van der Waals surface area contributed by atoms with Gasteiger partial charge in [0.1, 0.15) is 15.4 Å². The number of pyridine rings is 1. The molecular weight excluding hydrogens is 305 g/mol. The Balaban J connectivity index is 2.39. The number of halogens is 4. The summed E-state index contributed by atoms with van der Waals surface area (Å²) in [5.41, 5.74) is 0.623. The zero-order valence-electron chi connectivity index (χ0n) is 8.65. The van der Waals surface area contributed by atoms with Gasteiger partial charge < -0.3 is 0 Å². The highest BCUT2D eigenvalue weighted by Crippen LogP contribution is 2.44. The fourth-order valence-corrected chi connectivity index (χ4v) is 2.92. The van der Waals surface area contributed by atoms with Crippen LogP contribution in [-0.4, -0.2) is 16.1 Å². The zero-order chi connectivity index (χ0) is 13.3. The van der Waals surface area contributed by atoms with Crippen LogP contribution in [0.1, 0.15) is 10.1 Å². The zero-order valence-corrected chi connectivity index (χ0v) is 11.1. The maximum Gasteiger partial charge on any atom is 0.405 e. The molecule has 0 aromatic carbocycles. The monoisotopic (exact) mass is 310 g/mol. The highest BCUT2D eigenvalue weighted by atomic mass is 35.5. The first-order valence-corrected chi connectivity index (χ1v) is 6.42. The van der Waals surface area contributed by atoms with E-state index in [2.05, 4.69) is 22.6 Å². The van der Waals surface area contributed by atoms with E-state index in [4.69, 9.17) is 11.6 Å². The number of hydrogen-bond acceptors (Lipinski definition) is 4. The van der Waals surface area contributed by atoms with Crippen LogP contribution >= 0.6 is 35.6 Å². The average molecular weight is 311 g/mol. The van der Waals surface area contributed by atoms with Crippen molar-refractivity contribution in [2.45, 2.75) is 11.4 Å². The Morgan fingerprint density at radius 1 is 1.39 bits per heavy atom. The molecule has 0 saturated carbocycles. The van der Waals surface area contributed by atoms with E-state index < -0.39 is 11.4 Å². The van der Waals surface area contributed by atoms with E-state index in [1.165, 1.54) is 6.20 Å². The van der Waals surface area contributed by atoms with Crippen molar-refractivity contribution in [1.29, 1.82) is 0 Å². The highest BCUT2D eigenvalue weighted by molar-refractivity contribution is 7.80. The number of hydrogen-bond donors (Lipinski definition) is 1. The van der Waals surface area contributed by atoms with E-state index in [0.717, 1.165) is 11.3 Å². The Morgan fingerprint density at radius 2 is 2.11 bits per heavy atom. The predicted octanol–water partition coefficient (Wildman–Crippen LogP) is 4.39. The van der Waals surface area contributed by atoms with Gasteiger partial charge in [0, 0.05) is 18.0 Å². The lowest BCUT2D eigenvalue weighted by Gasteiger charge is -2.12. The number of alkyl halides is 3. The number of rotatable bonds is 2. The van der Waals surface area contributed by atoms with Crippen LogP contribution in [0.15, 0.2) is 24.5 Å². The first kappa shape index (κ1) is 13.6. The summed E-state index contributed by atoms with van der Waals surface area (Å²) >= 11 is 10.1. The quantitative estimate of drug-likeness (QED) is 0.832. The van der Waals surface area contributed by atoms with E-state index in [1.807, 2.05) is 0 Å². The third-order valence-corrected chi connectivity index (χ3v) is 4.37. The standard InChI is InChI=1S/C10H6ClF3N2S2/c11-8-6(7(17)10(12,13)14)18-9(16-8)5-2-1-3-15-4-5/h1-4,7,17H. The summed E-state index contributed by atoms with van der Waals surface area (Å²) in [5, 5.41) is -1.70. The second-order valence-corrected chi connectivity index (χ2v) is 5.26. The topological polar surface area (TPSA) is 25.8 Å². The van der Waals surface area contributed by atoms with Crippen LogP contribution in [0, 0.1) is 0 Å². The van der Waals surface area contributed by atoms with Gasteiger partial charge in [-0.1, -0.05) is 11.6 Å².